The highest BCUT2D eigenvalue weighted by Gasteiger charge is 2.15. The summed E-state index contributed by atoms with van der Waals surface area (Å²) < 4.78 is 10.8. The van der Waals surface area contributed by atoms with Gasteiger partial charge in [0.1, 0.15) is 19.0 Å². The van der Waals surface area contributed by atoms with E-state index in [2.05, 4.69) is 15.8 Å². The maximum atomic E-state index is 12.1. The molecule has 1 aliphatic rings. The topological polar surface area (TPSA) is 109 Å². The molecule has 0 fully saturated rings. The van der Waals surface area contributed by atoms with Crippen LogP contribution in [-0.4, -0.2) is 42.9 Å². The van der Waals surface area contributed by atoms with Crippen molar-refractivity contribution < 1.29 is 24.2 Å². The van der Waals surface area contributed by atoms with Crippen LogP contribution in [0.5, 0.6) is 17.2 Å². The highest BCUT2D eigenvalue weighted by atomic mass is 16.6. The van der Waals surface area contributed by atoms with Crippen LogP contribution in [0.3, 0.4) is 0 Å². The number of hydrazone groups is 1. The Morgan fingerprint density at radius 2 is 1.92 bits per heavy atom. The Morgan fingerprint density at radius 3 is 2.73 bits per heavy atom. The number of benzene rings is 2. The summed E-state index contributed by atoms with van der Waals surface area (Å²) in [6.45, 7) is 0.671. The second kappa shape index (κ2) is 8.02. The molecule has 26 heavy (non-hydrogen) atoms. The van der Waals surface area contributed by atoms with Crippen molar-refractivity contribution in [3.63, 3.8) is 0 Å². The van der Waals surface area contributed by atoms with E-state index < -0.39 is 11.8 Å². The Morgan fingerprint density at radius 1 is 1.12 bits per heavy atom. The molecule has 2 aromatic carbocycles. The van der Waals surface area contributed by atoms with Gasteiger partial charge in [-0.2, -0.15) is 5.10 Å². The van der Waals surface area contributed by atoms with E-state index in [1.807, 2.05) is 0 Å². The first-order valence-electron chi connectivity index (χ1n) is 7.90. The van der Waals surface area contributed by atoms with E-state index in [0.717, 1.165) is 0 Å². The molecule has 2 amide bonds. The van der Waals surface area contributed by atoms with Gasteiger partial charge in [-0.25, -0.2) is 5.43 Å². The standard InChI is InChI=1S/C18H17N3O5/c22-14-3-1-2-12(8-14)10-20-21-17(23)11-19-18(24)13-4-5-15-16(9-13)26-7-6-25-15/h1-5,8-10,22H,6-7,11H2,(H,19,24)(H,21,23)/b20-10-. The van der Waals surface area contributed by atoms with E-state index >= 15 is 0 Å². The molecule has 0 bridgehead atoms. The van der Waals surface area contributed by atoms with E-state index in [1.165, 1.54) is 18.3 Å². The molecule has 0 saturated heterocycles. The monoisotopic (exact) mass is 355 g/mol. The fourth-order valence-corrected chi connectivity index (χ4v) is 2.27. The van der Waals surface area contributed by atoms with Crippen LogP contribution in [0.2, 0.25) is 0 Å². The van der Waals surface area contributed by atoms with Crippen molar-refractivity contribution in [1.82, 2.24) is 10.7 Å². The van der Waals surface area contributed by atoms with Crippen LogP contribution in [0, 0.1) is 0 Å². The van der Waals surface area contributed by atoms with Crippen molar-refractivity contribution in [3.05, 3.63) is 53.6 Å². The quantitative estimate of drug-likeness (QED) is 0.548. The number of carbonyl (C=O) groups is 2. The number of nitrogens with one attached hydrogen (secondary N) is 2. The summed E-state index contributed by atoms with van der Waals surface area (Å²) in [7, 11) is 0. The predicted molar refractivity (Wildman–Crippen MR) is 93.6 cm³/mol. The molecular weight excluding hydrogens is 338 g/mol. The number of hydrogen-bond donors (Lipinski definition) is 3. The lowest BCUT2D eigenvalue weighted by Crippen LogP contribution is -2.35. The summed E-state index contributed by atoms with van der Waals surface area (Å²) in [6, 6.07) is 11.2. The van der Waals surface area contributed by atoms with E-state index in [0.29, 0.717) is 35.8 Å². The molecule has 0 saturated carbocycles. The highest BCUT2D eigenvalue weighted by molar-refractivity contribution is 5.97. The average molecular weight is 355 g/mol. The SMILES string of the molecule is O=C(CNC(=O)c1ccc2c(c1)OCCO2)N/N=C\c1cccc(O)c1. The Bertz CT molecular complexity index is 850. The third-order valence-corrected chi connectivity index (χ3v) is 3.49. The number of amides is 2. The molecule has 0 aromatic heterocycles. The number of aromatic hydroxyl groups is 1. The Labute approximate surface area is 149 Å². The zero-order chi connectivity index (χ0) is 18.4. The lowest BCUT2D eigenvalue weighted by Gasteiger charge is -2.18. The molecule has 0 atom stereocenters. The van der Waals surface area contributed by atoms with Crippen LogP contribution < -0.4 is 20.2 Å². The number of hydrogen-bond acceptors (Lipinski definition) is 6. The number of rotatable bonds is 5. The van der Waals surface area contributed by atoms with Crippen LogP contribution in [0.4, 0.5) is 0 Å². The lowest BCUT2D eigenvalue weighted by atomic mass is 10.2. The van der Waals surface area contributed by atoms with Gasteiger partial charge in [-0.3, -0.25) is 9.59 Å². The van der Waals surface area contributed by atoms with Crippen LogP contribution in [0.1, 0.15) is 15.9 Å². The van der Waals surface area contributed by atoms with Gasteiger partial charge in [-0.1, -0.05) is 12.1 Å². The summed E-state index contributed by atoms with van der Waals surface area (Å²) in [5.41, 5.74) is 3.29. The smallest absolute Gasteiger partial charge is 0.259 e. The summed E-state index contributed by atoms with van der Waals surface area (Å²) in [4.78, 5) is 23.8. The molecule has 3 N–H and O–H groups in total. The van der Waals surface area contributed by atoms with Gasteiger partial charge in [0.15, 0.2) is 11.5 Å². The second-order valence-electron chi connectivity index (χ2n) is 5.43. The molecule has 0 radical (unpaired) electrons. The molecule has 0 spiro atoms. The van der Waals surface area contributed by atoms with Crippen LogP contribution >= 0.6 is 0 Å². The fourth-order valence-electron chi connectivity index (χ4n) is 2.27. The molecule has 1 aliphatic heterocycles. The van der Waals surface area contributed by atoms with Gasteiger partial charge in [0.25, 0.3) is 11.8 Å². The highest BCUT2D eigenvalue weighted by Crippen LogP contribution is 2.30. The molecular formula is C18H17N3O5. The largest absolute Gasteiger partial charge is 0.508 e. The molecule has 0 aliphatic carbocycles. The third-order valence-electron chi connectivity index (χ3n) is 3.49. The van der Waals surface area contributed by atoms with Crippen molar-refractivity contribution in [2.24, 2.45) is 5.10 Å². The zero-order valence-corrected chi connectivity index (χ0v) is 13.8. The minimum Gasteiger partial charge on any atom is -0.508 e. The average Bonchev–Trinajstić information content (AvgIpc) is 2.66. The van der Waals surface area contributed by atoms with Crippen LogP contribution in [-0.2, 0) is 4.79 Å². The first-order chi connectivity index (χ1) is 12.6. The summed E-state index contributed by atoms with van der Waals surface area (Å²) in [5.74, 6) is 0.309. The minimum atomic E-state index is -0.479. The van der Waals surface area contributed by atoms with Gasteiger partial charge in [0.05, 0.1) is 12.8 Å². The molecule has 1 heterocycles. The molecule has 0 unspecified atom stereocenters. The number of phenols is 1. The Kier molecular flexibility index (Phi) is 5.33. The predicted octanol–water partition coefficient (Wildman–Crippen LogP) is 1.04. The zero-order valence-electron chi connectivity index (χ0n) is 13.8. The Hall–Kier alpha value is -3.55. The molecule has 8 nitrogen and oxygen atoms in total. The molecule has 8 heteroatoms. The van der Waals surface area contributed by atoms with E-state index in [-0.39, 0.29) is 12.3 Å². The first-order valence-corrected chi connectivity index (χ1v) is 7.90. The van der Waals surface area contributed by atoms with Gasteiger partial charge < -0.3 is 19.9 Å². The number of phenolic OH excluding ortho intramolecular Hbond substituents is 1. The van der Waals surface area contributed by atoms with Crippen molar-refractivity contribution >= 4 is 18.0 Å². The third kappa shape index (κ3) is 4.50. The van der Waals surface area contributed by atoms with Gasteiger partial charge in [-0.15, -0.1) is 0 Å². The summed E-state index contributed by atoms with van der Waals surface area (Å²) in [5, 5.41) is 15.6. The molecule has 2 aromatic rings. The van der Waals surface area contributed by atoms with Crippen molar-refractivity contribution in [2.45, 2.75) is 0 Å². The summed E-state index contributed by atoms with van der Waals surface area (Å²) in [6.07, 6.45) is 1.39. The first kappa shape index (κ1) is 17.3. The van der Waals surface area contributed by atoms with Gasteiger partial charge in [0, 0.05) is 5.56 Å². The minimum absolute atomic E-state index is 0.104. The molecule has 134 valence electrons. The number of ether oxygens (including phenoxy) is 2. The van der Waals surface area contributed by atoms with Crippen LogP contribution in [0.15, 0.2) is 47.6 Å². The van der Waals surface area contributed by atoms with Crippen molar-refractivity contribution in [2.75, 3.05) is 19.8 Å². The van der Waals surface area contributed by atoms with Gasteiger partial charge in [-0.05, 0) is 35.9 Å². The van der Waals surface area contributed by atoms with E-state index in [4.69, 9.17) is 9.47 Å². The fraction of sp³-hybridized carbons (Fsp3) is 0.167. The number of fused-ring (bicyclic) bond motifs is 1. The maximum Gasteiger partial charge on any atom is 0.259 e. The summed E-state index contributed by atoms with van der Waals surface area (Å²) >= 11 is 0. The normalized spacial score (nSPS) is 12.6. The lowest BCUT2D eigenvalue weighted by molar-refractivity contribution is -0.120. The van der Waals surface area contributed by atoms with Gasteiger partial charge in [0.2, 0.25) is 0 Å². The molecule has 3 rings (SSSR count). The Balaban J connectivity index is 1.49. The van der Waals surface area contributed by atoms with E-state index in [1.54, 1.807) is 30.3 Å². The van der Waals surface area contributed by atoms with Gasteiger partial charge >= 0.3 is 0 Å². The van der Waals surface area contributed by atoms with Crippen LogP contribution in [0.25, 0.3) is 0 Å². The number of carbonyl (C=O) groups excluding carboxylic acids is 2. The second-order valence-corrected chi connectivity index (χ2v) is 5.43. The van der Waals surface area contributed by atoms with Crippen molar-refractivity contribution in [1.29, 1.82) is 0 Å². The maximum absolute atomic E-state index is 12.1. The number of nitrogens with zero attached hydrogens (tertiary/aromatic N) is 1. The van der Waals surface area contributed by atoms with E-state index in [9.17, 15) is 14.7 Å². The van der Waals surface area contributed by atoms with Crippen molar-refractivity contribution in [3.8, 4) is 17.2 Å².